The van der Waals surface area contributed by atoms with Crippen LogP contribution < -0.4 is 5.32 Å². The molecule has 76 valence electrons. The van der Waals surface area contributed by atoms with Crippen molar-refractivity contribution < 1.29 is 39.1 Å². The van der Waals surface area contributed by atoms with Crippen LogP contribution in [0.3, 0.4) is 0 Å². The molecule has 0 saturated carbocycles. The summed E-state index contributed by atoms with van der Waals surface area (Å²) in [5.41, 5.74) is 0. The molecular formula is C4H7BCuF4NO. The van der Waals surface area contributed by atoms with Crippen molar-refractivity contribution in [1.29, 1.82) is 0 Å². The van der Waals surface area contributed by atoms with Gasteiger partial charge in [-0.3, -0.25) is 4.79 Å². The molecule has 0 aromatic heterocycles. The van der Waals surface area contributed by atoms with Crippen LogP contribution in [0.5, 0.6) is 0 Å². The van der Waals surface area contributed by atoms with E-state index in [2.05, 4.69) is 5.32 Å². The minimum Gasteiger partial charge on any atom is -0.418 e. The van der Waals surface area contributed by atoms with E-state index in [-0.39, 0.29) is 23.0 Å². The number of hydrogen-bond acceptors (Lipinski definition) is 1. The Bertz CT molecular complexity index is 128. The van der Waals surface area contributed by atoms with E-state index in [4.69, 9.17) is 0 Å². The largest absolute Gasteiger partial charge is 1.00 e. The standard InChI is InChI=1S/C4H7NO.BF4.Cu/c6-4-2-1-3-5-4;2-1(3,4)5;/h1-3H2,(H,5,6);;/q;-1;+1. The molecule has 0 radical (unpaired) electrons. The summed E-state index contributed by atoms with van der Waals surface area (Å²) in [7, 11) is -6.00. The van der Waals surface area contributed by atoms with E-state index in [9.17, 15) is 22.1 Å². The van der Waals surface area contributed by atoms with Crippen molar-refractivity contribution in [3.8, 4) is 0 Å². The maximum atomic E-state index is 10.1. The zero-order valence-electron chi connectivity index (χ0n) is 5.92. The molecule has 1 saturated heterocycles. The average Bonchev–Trinajstić information content (AvgIpc) is 2.12. The average molecular weight is 235 g/mol. The van der Waals surface area contributed by atoms with Crippen LogP contribution in [0, 0.1) is 0 Å². The summed E-state index contributed by atoms with van der Waals surface area (Å²) in [6, 6.07) is 0. The molecule has 1 fully saturated rings. The second-order valence-electron chi connectivity index (χ2n) is 1.95. The fourth-order valence-corrected chi connectivity index (χ4v) is 0.565. The molecule has 0 aromatic rings. The summed E-state index contributed by atoms with van der Waals surface area (Å²) < 4.78 is 39.0. The van der Waals surface area contributed by atoms with Gasteiger partial charge in [0, 0.05) is 13.0 Å². The first-order valence-corrected chi connectivity index (χ1v) is 3.03. The van der Waals surface area contributed by atoms with Gasteiger partial charge in [-0.05, 0) is 6.42 Å². The fraction of sp³-hybridized carbons (Fsp3) is 0.750. The predicted molar refractivity (Wildman–Crippen MR) is 32.4 cm³/mol. The van der Waals surface area contributed by atoms with E-state index in [1.807, 2.05) is 0 Å². The normalized spacial score (nSPS) is 15.5. The van der Waals surface area contributed by atoms with Crippen molar-refractivity contribution in [3.63, 3.8) is 0 Å². The molecule has 0 aromatic carbocycles. The number of hydrogen-bond donors (Lipinski definition) is 1. The fourth-order valence-electron chi connectivity index (χ4n) is 0.565. The van der Waals surface area contributed by atoms with E-state index in [1.165, 1.54) is 0 Å². The zero-order valence-corrected chi connectivity index (χ0v) is 6.86. The molecule has 0 unspecified atom stereocenters. The van der Waals surface area contributed by atoms with Gasteiger partial charge < -0.3 is 22.6 Å². The third-order valence-corrected chi connectivity index (χ3v) is 0.903. The minimum absolute atomic E-state index is 0. The molecular weight excluding hydrogens is 228 g/mol. The number of carbonyl (C=O) groups is 1. The smallest absolute Gasteiger partial charge is 0.418 e. The van der Waals surface area contributed by atoms with Crippen molar-refractivity contribution in [3.05, 3.63) is 0 Å². The van der Waals surface area contributed by atoms with E-state index in [0.717, 1.165) is 19.4 Å². The molecule has 1 rings (SSSR count). The van der Waals surface area contributed by atoms with E-state index >= 15 is 0 Å². The van der Waals surface area contributed by atoms with Crippen LogP contribution in [0.25, 0.3) is 0 Å². The zero-order chi connectivity index (χ0) is 8.91. The molecule has 0 atom stereocenters. The van der Waals surface area contributed by atoms with Crippen LogP contribution in [0.2, 0.25) is 0 Å². The first-order chi connectivity index (χ1) is 4.89. The van der Waals surface area contributed by atoms with Crippen LogP contribution in [-0.4, -0.2) is 19.7 Å². The van der Waals surface area contributed by atoms with Gasteiger partial charge in [-0.2, -0.15) is 0 Å². The van der Waals surface area contributed by atoms with Crippen LogP contribution in [0.4, 0.5) is 17.3 Å². The number of nitrogens with one attached hydrogen (secondary N) is 1. The number of rotatable bonds is 0. The Kier molecular flexibility index (Phi) is 7.52. The molecule has 1 N–H and O–H groups in total. The molecule has 0 spiro atoms. The van der Waals surface area contributed by atoms with E-state index < -0.39 is 7.25 Å². The van der Waals surface area contributed by atoms with Crippen LogP contribution in [0.1, 0.15) is 12.8 Å². The number of carbonyl (C=O) groups excluding carboxylic acids is 1. The van der Waals surface area contributed by atoms with Crippen LogP contribution >= 0.6 is 0 Å². The monoisotopic (exact) mass is 235 g/mol. The third-order valence-electron chi connectivity index (χ3n) is 0.903. The second-order valence-corrected chi connectivity index (χ2v) is 1.95. The molecule has 0 bridgehead atoms. The van der Waals surface area contributed by atoms with Gasteiger partial charge in [0.1, 0.15) is 0 Å². The molecule has 2 nitrogen and oxygen atoms in total. The number of amides is 1. The first kappa shape index (κ1) is 14.3. The summed E-state index contributed by atoms with van der Waals surface area (Å²) in [5.74, 6) is 0.204. The minimum atomic E-state index is -6.00. The van der Waals surface area contributed by atoms with Crippen LogP contribution in [0.15, 0.2) is 0 Å². The maximum absolute atomic E-state index is 10.1. The topological polar surface area (TPSA) is 29.1 Å². The van der Waals surface area contributed by atoms with Gasteiger partial charge in [-0.15, -0.1) is 0 Å². The van der Waals surface area contributed by atoms with E-state index in [0.29, 0.717) is 0 Å². The van der Waals surface area contributed by atoms with Crippen molar-refractivity contribution in [2.75, 3.05) is 6.54 Å². The Morgan fingerprint density at radius 1 is 1.25 bits per heavy atom. The van der Waals surface area contributed by atoms with Gasteiger partial charge in [-0.25, -0.2) is 0 Å². The summed E-state index contributed by atoms with van der Waals surface area (Å²) in [6.45, 7) is 0.888. The maximum Gasteiger partial charge on any atom is 1.00 e. The summed E-state index contributed by atoms with van der Waals surface area (Å²) in [5, 5.41) is 2.68. The second kappa shape index (κ2) is 6.31. The molecule has 1 aliphatic heterocycles. The Labute approximate surface area is 77.7 Å². The Morgan fingerprint density at radius 2 is 1.67 bits per heavy atom. The van der Waals surface area contributed by atoms with Crippen LogP contribution in [-0.2, 0) is 21.9 Å². The molecule has 8 heteroatoms. The Morgan fingerprint density at radius 3 is 1.75 bits per heavy atom. The molecule has 1 heterocycles. The van der Waals surface area contributed by atoms with Gasteiger partial charge in [0.05, 0.1) is 0 Å². The summed E-state index contributed by atoms with van der Waals surface area (Å²) >= 11 is 0. The van der Waals surface area contributed by atoms with Gasteiger partial charge in [0.2, 0.25) is 5.91 Å². The van der Waals surface area contributed by atoms with Crippen molar-refractivity contribution in [1.82, 2.24) is 5.32 Å². The third kappa shape index (κ3) is 16.4. The van der Waals surface area contributed by atoms with E-state index in [1.54, 1.807) is 0 Å². The molecule has 0 aliphatic carbocycles. The summed E-state index contributed by atoms with van der Waals surface area (Å²) in [4.78, 5) is 10.1. The Hall–Kier alpha value is -0.226. The van der Waals surface area contributed by atoms with Gasteiger partial charge in [0.25, 0.3) is 0 Å². The predicted octanol–water partition coefficient (Wildman–Crippen LogP) is 1.19. The molecule has 1 amide bonds. The van der Waals surface area contributed by atoms with Crippen molar-refractivity contribution >= 4 is 13.2 Å². The first-order valence-electron chi connectivity index (χ1n) is 3.03. The van der Waals surface area contributed by atoms with Gasteiger partial charge in [-0.1, -0.05) is 0 Å². The van der Waals surface area contributed by atoms with Gasteiger partial charge >= 0.3 is 24.3 Å². The van der Waals surface area contributed by atoms with Crippen molar-refractivity contribution in [2.24, 2.45) is 0 Å². The SMILES string of the molecule is F[B-](F)(F)F.O=C1CCCN1.[Cu+]. The molecule has 12 heavy (non-hydrogen) atoms. The quantitative estimate of drug-likeness (QED) is 0.496. The Balaban J connectivity index is 0. The van der Waals surface area contributed by atoms with Crippen molar-refractivity contribution in [2.45, 2.75) is 12.8 Å². The summed E-state index contributed by atoms with van der Waals surface area (Å²) in [6.07, 6.45) is 1.76. The van der Waals surface area contributed by atoms with Gasteiger partial charge in [0.15, 0.2) is 0 Å². The number of halogens is 4. The molecule has 1 aliphatic rings.